The average molecular weight is 465 g/mol. The fourth-order valence-corrected chi connectivity index (χ4v) is 2.91. The van der Waals surface area contributed by atoms with E-state index >= 15 is 0 Å². The minimum Gasteiger partial charge on any atom is -0.481 e. The van der Waals surface area contributed by atoms with Gasteiger partial charge in [0.25, 0.3) is 0 Å². The maximum absolute atomic E-state index is 12.7. The lowest BCUT2D eigenvalue weighted by atomic mass is 10.0. The molecule has 0 spiro atoms. The van der Waals surface area contributed by atoms with Crippen molar-refractivity contribution >= 4 is 41.4 Å². The Morgan fingerprint density at radius 1 is 0.903 bits per heavy atom. The first-order chi connectivity index (χ1) is 14.4. The van der Waals surface area contributed by atoms with Crippen molar-refractivity contribution in [1.82, 2.24) is 16.0 Å². The molecule has 31 heavy (non-hydrogen) atoms. The van der Waals surface area contributed by atoms with Crippen molar-refractivity contribution in [1.29, 1.82) is 0 Å². The molecule has 3 amide bonds. The number of amides is 3. The molecule has 0 aromatic carbocycles. The van der Waals surface area contributed by atoms with E-state index in [1.165, 1.54) is 11.8 Å². The standard InChI is InChI=1S/C18H32N4O8S/c1-9(2)14(22-15(26)10(19)8-23)17(28)20-11(6-7-31-3)16(27)21-12(18(29)30)4-5-13(24)25/h9-12,14,23H,4-8,19H2,1-3H3,(H,20,28)(H,21,27)(H,22,26)(H,24,25)(H,29,30). The van der Waals surface area contributed by atoms with E-state index in [9.17, 15) is 29.1 Å². The minimum absolute atomic E-state index is 0.179. The SMILES string of the molecule is CSCCC(NC(=O)C(NC(=O)C(N)CO)C(C)C)C(=O)NC(CCC(=O)O)C(=O)O. The van der Waals surface area contributed by atoms with Gasteiger partial charge < -0.3 is 37.0 Å². The van der Waals surface area contributed by atoms with Crippen LogP contribution in [0.3, 0.4) is 0 Å². The van der Waals surface area contributed by atoms with E-state index in [0.717, 1.165) is 0 Å². The predicted octanol–water partition coefficient (Wildman–Crippen LogP) is -1.88. The molecule has 0 saturated carbocycles. The number of rotatable bonds is 15. The summed E-state index contributed by atoms with van der Waals surface area (Å²) < 4.78 is 0. The first-order valence-electron chi connectivity index (χ1n) is 9.65. The third kappa shape index (κ3) is 11.0. The number of hydrogen-bond donors (Lipinski definition) is 7. The van der Waals surface area contributed by atoms with Crippen molar-refractivity contribution < 1.29 is 39.3 Å². The zero-order valence-corrected chi connectivity index (χ0v) is 18.6. The van der Waals surface area contributed by atoms with Crippen LogP contribution in [0.25, 0.3) is 0 Å². The summed E-state index contributed by atoms with van der Waals surface area (Å²) in [5.74, 6) is -4.69. The monoisotopic (exact) mass is 464 g/mol. The van der Waals surface area contributed by atoms with Crippen LogP contribution in [0.15, 0.2) is 0 Å². The lowest BCUT2D eigenvalue weighted by molar-refractivity contribution is -0.143. The van der Waals surface area contributed by atoms with Gasteiger partial charge in [0.2, 0.25) is 17.7 Å². The molecule has 4 unspecified atom stereocenters. The summed E-state index contributed by atoms with van der Waals surface area (Å²) >= 11 is 1.41. The molecule has 8 N–H and O–H groups in total. The maximum atomic E-state index is 12.7. The minimum atomic E-state index is -1.43. The van der Waals surface area contributed by atoms with Crippen LogP contribution >= 0.6 is 11.8 Å². The number of carbonyl (C=O) groups excluding carboxylic acids is 3. The smallest absolute Gasteiger partial charge is 0.326 e. The van der Waals surface area contributed by atoms with E-state index in [1.807, 2.05) is 0 Å². The first kappa shape index (κ1) is 28.6. The van der Waals surface area contributed by atoms with Gasteiger partial charge in [-0.15, -0.1) is 0 Å². The zero-order chi connectivity index (χ0) is 24.1. The van der Waals surface area contributed by atoms with Gasteiger partial charge in [-0.1, -0.05) is 13.8 Å². The fourth-order valence-electron chi connectivity index (χ4n) is 2.44. The van der Waals surface area contributed by atoms with Crippen LogP contribution in [0.2, 0.25) is 0 Å². The highest BCUT2D eigenvalue weighted by Crippen LogP contribution is 2.07. The largest absolute Gasteiger partial charge is 0.481 e. The van der Waals surface area contributed by atoms with Gasteiger partial charge in [0.1, 0.15) is 24.2 Å². The Labute approximate surface area is 184 Å². The van der Waals surface area contributed by atoms with Gasteiger partial charge in [0.05, 0.1) is 6.61 Å². The molecule has 13 heteroatoms. The number of aliphatic hydroxyl groups excluding tert-OH is 1. The van der Waals surface area contributed by atoms with Crippen molar-refractivity contribution in [3.63, 3.8) is 0 Å². The number of hydrogen-bond acceptors (Lipinski definition) is 8. The van der Waals surface area contributed by atoms with Gasteiger partial charge in [-0.2, -0.15) is 11.8 Å². The first-order valence-corrected chi connectivity index (χ1v) is 11.0. The second-order valence-corrected chi connectivity index (χ2v) is 8.18. The van der Waals surface area contributed by atoms with Gasteiger partial charge in [-0.3, -0.25) is 19.2 Å². The van der Waals surface area contributed by atoms with Gasteiger partial charge in [-0.05, 0) is 30.8 Å². The van der Waals surface area contributed by atoms with Crippen LogP contribution in [0.1, 0.15) is 33.1 Å². The molecule has 0 rings (SSSR count). The molecular weight excluding hydrogens is 432 g/mol. The molecule has 12 nitrogen and oxygen atoms in total. The Morgan fingerprint density at radius 2 is 1.48 bits per heavy atom. The van der Waals surface area contributed by atoms with E-state index in [0.29, 0.717) is 5.75 Å². The van der Waals surface area contributed by atoms with Crippen LogP contribution in [0.4, 0.5) is 0 Å². The Balaban J connectivity index is 5.35. The quantitative estimate of drug-likeness (QED) is 0.143. The summed E-state index contributed by atoms with van der Waals surface area (Å²) in [6.45, 7) is 2.72. The molecule has 0 aliphatic rings. The lowest BCUT2D eigenvalue weighted by Crippen LogP contribution is -2.58. The topological polar surface area (TPSA) is 208 Å². The fraction of sp³-hybridized carbons (Fsp3) is 0.722. The van der Waals surface area contributed by atoms with Gasteiger partial charge in [-0.25, -0.2) is 4.79 Å². The number of carboxylic acids is 2. The summed E-state index contributed by atoms with van der Waals surface area (Å²) in [7, 11) is 0. The molecular formula is C18H32N4O8S. The molecule has 0 heterocycles. The number of carbonyl (C=O) groups is 5. The van der Waals surface area contributed by atoms with Crippen molar-refractivity contribution in [2.75, 3.05) is 18.6 Å². The third-order valence-electron chi connectivity index (χ3n) is 4.29. The highest BCUT2D eigenvalue weighted by Gasteiger charge is 2.31. The molecule has 0 aromatic rings. The van der Waals surface area contributed by atoms with Gasteiger partial charge >= 0.3 is 11.9 Å². The Kier molecular flexibility index (Phi) is 13.5. The predicted molar refractivity (Wildman–Crippen MR) is 113 cm³/mol. The molecule has 0 saturated heterocycles. The molecule has 4 atom stereocenters. The van der Waals surface area contributed by atoms with Crippen LogP contribution in [0, 0.1) is 5.92 Å². The number of carboxylic acid groups (broad SMARTS) is 2. The van der Waals surface area contributed by atoms with E-state index in [-0.39, 0.29) is 18.8 Å². The summed E-state index contributed by atoms with van der Waals surface area (Å²) in [6, 6.07) is -4.79. The third-order valence-corrected chi connectivity index (χ3v) is 4.93. The van der Waals surface area contributed by atoms with E-state index in [1.54, 1.807) is 20.1 Å². The molecule has 0 aliphatic carbocycles. The number of nitrogens with one attached hydrogen (secondary N) is 3. The summed E-state index contributed by atoms with van der Waals surface area (Å²) in [5.41, 5.74) is 5.46. The molecule has 178 valence electrons. The maximum Gasteiger partial charge on any atom is 0.326 e. The second kappa shape index (κ2) is 14.6. The zero-order valence-electron chi connectivity index (χ0n) is 17.8. The molecule has 0 aromatic heterocycles. The second-order valence-electron chi connectivity index (χ2n) is 7.19. The average Bonchev–Trinajstić information content (AvgIpc) is 2.70. The number of aliphatic hydroxyl groups is 1. The van der Waals surface area contributed by atoms with Crippen LogP contribution < -0.4 is 21.7 Å². The van der Waals surface area contributed by atoms with Gasteiger partial charge in [0, 0.05) is 6.42 Å². The highest BCUT2D eigenvalue weighted by atomic mass is 32.2. The van der Waals surface area contributed by atoms with Crippen molar-refractivity contribution in [2.24, 2.45) is 11.7 Å². The van der Waals surface area contributed by atoms with Gasteiger partial charge in [0.15, 0.2) is 0 Å². The Bertz CT molecular complexity index is 646. The van der Waals surface area contributed by atoms with E-state index in [4.69, 9.17) is 15.9 Å². The van der Waals surface area contributed by atoms with Crippen molar-refractivity contribution in [3.05, 3.63) is 0 Å². The normalized spacial score (nSPS) is 14.8. The van der Waals surface area contributed by atoms with Crippen molar-refractivity contribution in [3.8, 4) is 0 Å². The summed E-state index contributed by atoms with van der Waals surface area (Å²) in [4.78, 5) is 59.4. The molecule has 0 radical (unpaired) electrons. The van der Waals surface area contributed by atoms with E-state index in [2.05, 4.69) is 16.0 Å². The number of nitrogens with two attached hydrogens (primary N) is 1. The Hall–Kier alpha value is -2.38. The van der Waals surface area contributed by atoms with Crippen molar-refractivity contribution in [2.45, 2.75) is 57.3 Å². The lowest BCUT2D eigenvalue weighted by Gasteiger charge is -2.26. The summed E-state index contributed by atoms with van der Waals surface area (Å²) in [5, 5.41) is 34.2. The number of aliphatic carboxylic acids is 2. The summed E-state index contributed by atoms with van der Waals surface area (Å²) in [6.07, 6.45) is 1.20. The highest BCUT2D eigenvalue weighted by molar-refractivity contribution is 7.98. The van der Waals surface area contributed by atoms with Crippen LogP contribution in [-0.2, 0) is 24.0 Å². The molecule has 0 fully saturated rings. The van der Waals surface area contributed by atoms with Crippen LogP contribution in [-0.4, -0.2) is 87.8 Å². The van der Waals surface area contributed by atoms with E-state index < -0.39 is 66.9 Å². The Morgan fingerprint density at radius 3 is 1.94 bits per heavy atom. The van der Waals surface area contributed by atoms with Crippen LogP contribution in [0.5, 0.6) is 0 Å². The molecule has 0 aliphatic heterocycles. The number of thioether (sulfide) groups is 1. The molecule has 0 bridgehead atoms.